The SMILES string of the molecule is COc1ccc2c(c1)OC(=Cc1ccncc1)C2=O. The van der Waals surface area contributed by atoms with E-state index in [4.69, 9.17) is 9.47 Å². The van der Waals surface area contributed by atoms with Crippen LogP contribution in [0.15, 0.2) is 48.5 Å². The molecule has 19 heavy (non-hydrogen) atoms. The zero-order valence-electron chi connectivity index (χ0n) is 10.3. The predicted octanol–water partition coefficient (Wildman–Crippen LogP) is 2.71. The number of rotatable bonds is 2. The smallest absolute Gasteiger partial charge is 0.231 e. The van der Waals surface area contributed by atoms with Gasteiger partial charge in [-0.3, -0.25) is 9.78 Å². The van der Waals surface area contributed by atoms with Crippen molar-refractivity contribution in [3.8, 4) is 11.5 Å². The van der Waals surface area contributed by atoms with Crippen LogP contribution in [-0.4, -0.2) is 17.9 Å². The van der Waals surface area contributed by atoms with Gasteiger partial charge in [-0.25, -0.2) is 0 Å². The summed E-state index contributed by atoms with van der Waals surface area (Å²) in [6.45, 7) is 0. The molecule has 0 bridgehead atoms. The van der Waals surface area contributed by atoms with Crippen LogP contribution in [0.3, 0.4) is 0 Å². The fourth-order valence-corrected chi connectivity index (χ4v) is 1.91. The van der Waals surface area contributed by atoms with Crippen molar-refractivity contribution in [3.63, 3.8) is 0 Å². The number of ketones is 1. The second-order valence-electron chi connectivity index (χ2n) is 4.08. The first-order valence-electron chi connectivity index (χ1n) is 5.80. The van der Waals surface area contributed by atoms with Crippen molar-refractivity contribution >= 4 is 11.9 Å². The van der Waals surface area contributed by atoms with Crippen LogP contribution in [0.2, 0.25) is 0 Å². The molecule has 94 valence electrons. The molecule has 2 heterocycles. The summed E-state index contributed by atoms with van der Waals surface area (Å²) in [7, 11) is 1.58. The van der Waals surface area contributed by atoms with Crippen LogP contribution in [0.1, 0.15) is 15.9 Å². The van der Waals surface area contributed by atoms with Gasteiger partial charge in [-0.05, 0) is 35.9 Å². The van der Waals surface area contributed by atoms with Crippen molar-refractivity contribution in [1.82, 2.24) is 4.98 Å². The largest absolute Gasteiger partial charge is 0.497 e. The first-order chi connectivity index (χ1) is 9.28. The third-order valence-corrected chi connectivity index (χ3v) is 2.88. The highest BCUT2D eigenvalue weighted by molar-refractivity contribution is 6.14. The minimum absolute atomic E-state index is 0.116. The van der Waals surface area contributed by atoms with Gasteiger partial charge in [0.1, 0.15) is 11.5 Å². The number of aromatic nitrogens is 1. The fourth-order valence-electron chi connectivity index (χ4n) is 1.91. The van der Waals surface area contributed by atoms with E-state index in [2.05, 4.69) is 4.98 Å². The van der Waals surface area contributed by atoms with Crippen molar-refractivity contribution < 1.29 is 14.3 Å². The lowest BCUT2D eigenvalue weighted by Gasteiger charge is -2.01. The summed E-state index contributed by atoms with van der Waals surface area (Å²) in [5.74, 6) is 1.39. The zero-order valence-corrected chi connectivity index (χ0v) is 10.3. The number of carbonyl (C=O) groups excluding carboxylic acids is 1. The monoisotopic (exact) mass is 253 g/mol. The number of fused-ring (bicyclic) bond motifs is 1. The predicted molar refractivity (Wildman–Crippen MR) is 70.2 cm³/mol. The third kappa shape index (κ3) is 2.08. The Morgan fingerprint density at radius 3 is 2.74 bits per heavy atom. The molecule has 2 aromatic rings. The summed E-state index contributed by atoms with van der Waals surface area (Å²) in [6, 6.07) is 8.79. The molecule has 1 aromatic heterocycles. The minimum Gasteiger partial charge on any atom is -0.497 e. The van der Waals surface area contributed by atoms with Gasteiger partial charge in [0.25, 0.3) is 0 Å². The number of nitrogens with zero attached hydrogens (tertiary/aromatic N) is 1. The normalized spacial score (nSPS) is 15.2. The average Bonchev–Trinajstić information content (AvgIpc) is 2.76. The number of hydrogen-bond donors (Lipinski definition) is 0. The van der Waals surface area contributed by atoms with E-state index in [9.17, 15) is 4.79 Å². The van der Waals surface area contributed by atoms with Gasteiger partial charge in [0.15, 0.2) is 5.76 Å². The second-order valence-corrected chi connectivity index (χ2v) is 4.08. The number of allylic oxidation sites excluding steroid dienone is 1. The molecule has 0 amide bonds. The minimum atomic E-state index is -0.116. The maximum Gasteiger partial charge on any atom is 0.231 e. The van der Waals surface area contributed by atoms with Gasteiger partial charge in [-0.15, -0.1) is 0 Å². The van der Waals surface area contributed by atoms with E-state index >= 15 is 0 Å². The van der Waals surface area contributed by atoms with E-state index in [-0.39, 0.29) is 5.78 Å². The molecule has 0 atom stereocenters. The Hall–Kier alpha value is -2.62. The summed E-state index contributed by atoms with van der Waals surface area (Å²) in [4.78, 5) is 16.1. The molecule has 4 nitrogen and oxygen atoms in total. The lowest BCUT2D eigenvalue weighted by molar-refractivity contribution is 0.101. The zero-order chi connectivity index (χ0) is 13.2. The Bertz CT molecular complexity index is 662. The number of benzene rings is 1. The molecule has 0 saturated heterocycles. The molecule has 1 aliphatic rings. The Balaban J connectivity index is 1.97. The summed E-state index contributed by atoms with van der Waals surface area (Å²) in [5, 5.41) is 0. The average molecular weight is 253 g/mol. The van der Waals surface area contributed by atoms with E-state index in [1.165, 1.54) is 0 Å². The second kappa shape index (κ2) is 4.57. The van der Waals surface area contributed by atoms with Gasteiger partial charge >= 0.3 is 0 Å². The van der Waals surface area contributed by atoms with E-state index in [1.807, 2.05) is 12.1 Å². The molecule has 0 saturated carbocycles. The van der Waals surface area contributed by atoms with Crippen molar-refractivity contribution in [3.05, 3.63) is 59.6 Å². The third-order valence-electron chi connectivity index (χ3n) is 2.88. The van der Waals surface area contributed by atoms with Crippen molar-refractivity contribution in [2.75, 3.05) is 7.11 Å². The summed E-state index contributed by atoms with van der Waals surface area (Å²) in [6.07, 6.45) is 5.04. The Kier molecular flexibility index (Phi) is 2.76. The van der Waals surface area contributed by atoms with Crippen LogP contribution in [0.4, 0.5) is 0 Å². The highest BCUT2D eigenvalue weighted by Crippen LogP contribution is 2.34. The van der Waals surface area contributed by atoms with Crippen LogP contribution in [0.5, 0.6) is 11.5 Å². The fraction of sp³-hybridized carbons (Fsp3) is 0.0667. The molecule has 0 radical (unpaired) electrons. The van der Waals surface area contributed by atoms with Crippen LogP contribution in [0.25, 0.3) is 6.08 Å². The summed E-state index contributed by atoms with van der Waals surface area (Å²) >= 11 is 0. The Morgan fingerprint density at radius 1 is 1.21 bits per heavy atom. The van der Waals surface area contributed by atoms with Gasteiger partial charge in [-0.1, -0.05) is 0 Å². The van der Waals surface area contributed by atoms with E-state index in [0.29, 0.717) is 22.8 Å². The molecule has 1 aromatic carbocycles. The first-order valence-corrected chi connectivity index (χ1v) is 5.80. The molecule has 0 fully saturated rings. The topological polar surface area (TPSA) is 48.4 Å². The van der Waals surface area contributed by atoms with E-state index in [1.54, 1.807) is 43.8 Å². The maximum atomic E-state index is 12.2. The van der Waals surface area contributed by atoms with Gasteiger partial charge in [0, 0.05) is 18.5 Å². The quantitative estimate of drug-likeness (QED) is 0.772. The molecule has 1 aliphatic heterocycles. The van der Waals surface area contributed by atoms with Crippen LogP contribution >= 0.6 is 0 Å². The van der Waals surface area contributed by atoms with Gasteiger partial charge in [-0.2, -0.15) is 0 Å². The van der Waals surface area contributed by atoms with Gasteiger partial charge in [0.05, 0.1) is 12.7 Å². The molecule has 0 aliphatic carbocycles. The number of hydrogen-bond acceptors (Lipinski definition) is 4. The molecule has 0 unspecified atom stereocenters. The highest BCUT2D eigenvalue weighted by Gasteiger charge is 2.27. The molecule has 3 rings (SSSR count). The highest BCUT2D eigenvalue weighted by atomic mass is 16.5. The molecular formula is C15H11NO3. The lowest BCUT2D eigenvalue weighted by Crippen LogP contribution is -1.97. The molecule has 0 spiro atoms. The lowest BCUT2D eigenvalue weighted by atomic mass is 10.1. The summed E-state index contributed by atoms with van der Waals surface area (Å²) in [5.41, 5.74) is 1.43. The number of Topliss-reactive ketones (excluding diaryl/α,β-unsaturated/α-hetero) is 1. The summed E-state index contributed by atoms with van der Waals surface area (Å²) < 4.78 is 10.7. The Labute approximate surface area is 110 Å². The van der Waals surface area contributed by atoms with Crippen molar-refractivity contribution in [2.24, 2.45) is 0 Å². The van der Waals surface area contributed by atoms with Crippen molar-refractivity contribution in [1.29, 1.82) is 0 Å². The standard InChI is InChI=1S/C15H11NO3/c1-18-11-2-3-12-13(9-11)19-14(15(12)17)8-10-4-6-16-7-5-10/h2-9H,1H3. The van der Waals surface area contributed by atoms with E-state index < -0.39 is 0 Å². The van der Waals surface area contributed by atoms with E-state index in [0.717, 1.165) is 5.56 Å². The maximum absolute atomic E-state index is 12.2. The first kappa shape index (κ1) is 11.5. The van der Waals surface area contributed by atoms with Crippen molar-refractivity contribution in [2.45, 2.75) is 0 Å². The van der Waals surface area contributed by atoms with Crippen LogP contribution in [-0.2, 0) is 0 Å². The Morgan fingerprint density at radius 2 is 2.00 bits per heavy atom. The molecular weight excluding hydrogens is 242 g/mol. The van der Waals surface area contributed by atoms with Gasteiger partial charge in [0.2, 0.25) is 5.78 Å². The number of pyridine rings is 1. The number of methoxy groups -OCH3 is 1. The number of carbonyl (C=O) groups is 1. The molecule has 4 heteroatoms. The number of ether oxygens (including phenoxy) is 2. The van der Waals surface area contributed by atoms with Crippen LogP contribution in [0, 0.1) is 0 Å². The van der Waals surface area contributed by atoms with Crippen LogP contribution < -0.4 is 9.47 Å². The molecule has 0 N–H and O–H groups in total. The van der Waals surface area contributed by atoms with Gasteiger partial charge < -0.3 is 9.47 Å².